The van der Waals surface area contributed by atoms with Crippen molar-refractivity contribution in [2.75, 3.05) is 25.4 Å². The third-order valence-electron chi connectivity index (χ3n) is 5.96. The summed E-state index contributed by atoms with van der Waals surface area (Å²) in [7, 11) is 0. The molecular formula is C18H24N4O2S. The predicted molar refractivity (Wildman–Crippen MR) is 96.6 cm³/mol. The number of hydrogen-bond donors (Lipinski definition) is 0. The smallest absolute Gasteiger partial charge is 0.267 e. The number of aromatic nitrogens is 2. The van der Waals surface area contributed by atoms with Gasteiger partial charge >= 0.3 is 0 Å². The third kappa shape index (κ3) is 2.91. The largest absolute Gasteiger partial charge is 0.338 e. The molecular weight excluding hydrogens is 336 g/mol. The van der Waals surface area contributed by atoms with Crippen LogP contribution in [-0.2, 0) is 23.5 Å². The van der Waals surface area contributed by atoms with Crippen LogP contribution in [0.25, 0.3) is 0 Å². The number of carbonyl (C=O) groups excluding carboxylic acids is 1. The molecule has 1 saturated carbocycles. The van der Waals surface area contributed by atoms with Gasteiger partial charge in [0.1, 0.15) is 0 Å². The Morgan fingerprint density at radius 2 is 2.04 bits per heavy atom. The molecule has 1 aliphatic carbocycles. The highest BCUT2D eigenvalue weighted by Gasteiger charge is 2.45. The van der Waals surface area contributed by atoms with Gasteiger partial charge in [-0.1, -0.05) is 0 Å². The number of amides is 1. The Balaban J connectivity index is 1.20. The van der Waals surface area contributed by atoms with Gasteiger partial charge in [-0.3, -0.25) is 14.5 Å². The molecule has 3 aliphatic heterocycles. The first-order chi connectivity index (χ1) is 12.2. The second-order valence-electron chi connectivity index (χ2n) is 7.83. The number of hydrogen-bond acceptors (Lipinski definition) is 5. The number of likely N-dealkylation sites (tertiary alicyclic amines) is 2. The first-order valence-electron chi connectivity index (χ1n) is 9.41. The van der Waals surface area contributed by atoms with Gasteiger partial charge in [-0.2, -0.15) is 16.9 Å². The SMILES string of the molecule is O=C1C(N2CC(Cn3nc4c(cc3=O)CSCC4)C2)CCN1C1CC1. The van der Waals surface area contributed by atoms with E-state index in [2.05, 4.69) is 14.9 Å². The molecule has 0 N–H and O–H groups in total. The quantitative estimate of drug-likeness (QED) is 0.792. The van der Waals surface area contributed by atoms with Gasteiger partial charge in [0.2, 0.25) is 5.91 Å². The normalized spacial score (nSPS) is 27.4. The van der Waals surface area contributed by atoms with Crippen molar-refractivity contribution in [3.8, 4) is 0 Å². The Morgan fingerprint density at radius 3 is 2.84 bits per heavy atom. The van der Waals surface area contributed by atoms with Crippen LogP contribution < -0.4 is 5.56 Å². The number of aryl methyl sites for hydroxylation is 1. The first kappa shape index (κ1) is 15.9. The van der Waals surface area contributed by atoms with Crippen LogP contribution in [0.4, 0.5) is 0 Å². The minimum absolute atomic E-state index is 0.0246. The fraction of sp³-hybridized carbons (Fsp3) is 0.722. The van der Waals surface area contributed by atoms with Crippen molar-refractivity contribution in [1.82, 2.24) is 19.6 Å². The van der Waals surface area contributed by atoms with Crippen molar-refractivity contribution >= 4 is 17.7 Å². The van der Waals surface area contributed by atoms with Gasteiger partial charge in [0.25, 0.3) is 5.56 Å². The number of fused-ring (bicyclic) bond motifs is 1. The molecule has 1 atom stereocenters. The van der Waals surface area contributed by atoms with E-state index in [1.54, 1.807) is 10.7 Å². The second-order valence-corrected chi connectivity index (χ2v) is 8.93. The van der Waals surface area contributed by atoms with Crippen molar-refractivity contribution in [3.63, 3.8) is 0 Å². The number of carbonyl (C=O) groups is 1. The minimum Gasteiger partial charge on any atom is -0.338 e. The van der Waals surface area contributed by atoms with Gasteiger partial charge in [-0.25, -0.2) is 4.68 Å². The predicted octanol–water partition coefficient (Wildman–Crippen LogP) is 0.728. The van der Waals surface area contributed by atoms with E-state index in [0.29, 0.717) is 24.4 Å². The maximum absolute atomic E-state index is 12.5. The molecule has 2 saturated heterocycles. The first-order valence-corrected chi connectivity index (χ1v) is 10.6. The van der Waals surface area contributed by atoms with Gasteiger partial charge in [0.05, 0.1) is 18.3 Å². The molecule has 6 nitrogen and oxygen atoms in total. The summed E-state index contributed by atoms with van der Waals surface area (Å²) in [5, 5.41) is 4.61. The average Bonchev–Trinajstić information content (AvgIpc) is 3.34. The molecule has 3 fully saturated rings. The van der Waals surface area contributed by atoms with E-state index in [4.69, 9.17) is 0 Å². The molecule has 1 unspecified atom stereocenters. The molecule has 7 heteroatoms. The van der Waals surface area contributed by atoms with Gasteiger partial charge in [0, 0.05) is 49.8 Å². The van der Waals surface area contributed by atoms with Crippen LogP contribution >= 0.6 is 11.8 Å². The zero-order chi connectivity index (χ0) is 17.0. The highest BCUT2D eigenvalue weighted by Crippen LogP contribution is 2.34. The highest BCUT2D eigenvalue weighted by atomic mass is 32.2. The lowest BCUT2D eigenvalue weighted by molar-refractivity contribution is -0.135. The maximum atomic E-state index is 12.5. The molecule has 1 aromatic rings. The molecule has 0 radical (unpaired) electrons. The molecule has 5 rings (SSSR count). The van der Waals surface area contributed by atoms with E-state index in [9.17, 15) is 9.59 Å². The summed E-state index contributed by atoms with van der Waals surface area (Å²) in [6.07, 6.45) is 4.31. The molecule has 0 spiro atoms. The van der Waals surface area contributed by atoms with Gasteiger partial charge in [-0.05, 0) is 30.6 Å². The van der Waals surface area contributed by atoms with E-state index < -0.39 is 0 Å². The Labute approximate surface area is 151 Å². The molecule has 134 valence electrons. The van der Waals surface area contributed by atoms with Crippen LogP contribution in [0.15, 0.2) is 10.9 Å². The molecule has 0 aromatic carbocycles. The zero-order valence-corrected chi connectivity index (χ0v) is 15.2. The topological polar surface area (TPSA) is 58.4 Å². The maximum Gasteiger partial charge on any atom is 0.267 e. The number of rotatable bonds is 4. The summed E-state index contributed by atoms with van der Waals surface area (Å²) in [6.45, 7) is 3.44. The van der Waals surface area contributed by atoms with Crippen molar-refractivity contribution in [1.29, 1.82) is 0 Å². The van der Waals surface area contributed by atoms with Crippen molar-refractivity contribution < 1.29 is 4.79 Å². The van der Waals surface area contributed by atoms with Gasteiger partial charge < -0.3 is 4.90 Å². The van der Waals surface area contributed by atoms with E-state index in [-0.39, 0.29) is 11.6 Å². The summed E-state index contributed by atoms with van der Waals surface area (Å²) in [4.78, 5) is 29.2. The summed E-state index contributed by atoms with van der Waals surface area (Å²) in [6, 6.07) is 2.40. The van der Waals surface area contributed by atoms with Crippen molar-refractivity contribution in [3.05, 3.63) is 27.7 Å². The standard InChI is InChI=1S/C18H24N4O2S/c23-17-7-13-11-25-6-4-15(13)19-22(17)10-12-8-20(9-12)16-3-5-21(18(16)24)14-1-2-14/h7,12,14,16H,1-6,8-11H2. The molecule has 0 bridgehead atoms. The summed E-state index contributed by atoms with van der Waals surface area (Å²) >= 11 is 1.87. The number of nitrogens with zero attached hydrogens (tertiary/aromatic N) is 4. The van der Waals surface area contributed by atoms with Crippen LogP contribution in [0.1, 0.15) is 30.5 Å². The molecule has 4 aliphatic rings. The van der Waals surface area contributed by atoms with Gasteiger partial charge in [0.15, 0.2) is 0 Å². The fourth-order valence-electron chi connectivity index (χ4n) is 4.38. The van der Waals surface area contributed by atoms with E-state index >= 15 is 0 Å². The van der Waals surface area contributed by atoms with E-state index in [1.165, 1.54) is 12.8 Å². The van der Waals surface area contributed by atoms with E-state index in [1.807, 2.05) is 11.8 Å². The minimum atomic E-state index is 0.0246. The van der Waals surface area contributed by atoms with Crippen LogP contribution in [-0.4, -0.2) is 63.0 Å². The van der Waals surface area contributed by atoms with Crippen LogP contribution in [0.2, 0.25) is 0 Å². The summed E-state index contributed by atoms with van der Waals surface area (Å²) in [5.41, 5.74) is 2.24. The monoisotopic (exact) mass is 360 g/mol. The van der Waals surface area contributed by atoms with E-state index in [0.717, 1.165) is 55.2 Å². The fourth-order valence-corrected chi connectivity index (χ4v) is 5.33. The lowest BCUT2D eigenvalue weighted by Crippen LogP contribution is -2.56. The Bertz CT molecular complexity index is 754. The Morgan fingerprint density at radius 1 is 1.20 bits per heavy atom. The molecule has 25 heavy (non-hydrogen) atoms. The van der Waals surface area contributed by atoms with Crippen LogP contribution in [0.3, 0.4) is 0 Å². The summed E-state index contributed by atoms with van der Waals surface area (Å²) in [5.74, 6) is 2.78. The van der Waals surface area contributed by atoms with Crippen molar-refractivity contribution in [2.24, 2.45) is 5.92 Å². The highest BCUT2D eigenvalue weighted by molar-refractivity contribution is 7.98. The van der Waals surface area contributed by atoms with Crippen molar-refractivity contribution in [2.45, 2.75) is 50.1 Å². The molecule has 1 aromatic heterocycles. The lowest BCUT2D eigenvalue weighted by atomic mass is 9.97. The van der Waals surface area contributed by atoms with Crippen LogP contribution in [0.5, 0.6) is 0 Å². The third-order valence-corrected chi connectivity index (χ3v) is 6.97. The van der Waals surface area contributed by atoms with Gasteiger partial charge in [-0.15, -0.1) is 0 Å². The Kier molecular flexibility index (Phi) is 3.89. The Hall–Kier alpha value is -1.34. The van der Waals surface area contributed by atoms with Crippen LogP contribution in [0, 0.1) is 5.92 Å². The average molecular weight is 360 g/mol. The number of thioether (sulfide) groups is 1. The zero-order valence-electron chi connectivity index (χ0n) is 14.4. The second kappa shape index (κ2) is 6.13. The molecule has 1 amide bonds. The molecule has 4 heterocycles. The summed E-state index contributed by atoms with van der Waals surface area (Å²) < 4.78 is 1.66. The lowest BCUT2D eigenvalue weighted by Gasteiger charge is -2.42.